The third-order valence-electron chi connectivity index (χ3n) is 3.20. The van der Waals surface area contributed by atoms with Gasteiger partial charge in [-0.1, -0.05) is 6.07 Å². The van der Waals surface area contributed by atoms with Crippen molar-refractivity contribution >= 4 is 23.1 Å². The van der Waals surface area contributed by atoms with Crippen LogP contribution in [0.1, 0.15) is 10.5 Å². The normalized spacial score (nSPS) is 10.4. The molecule has 0 saturated heterocycles. The van der Waals surface area contributed by atoms with E-state index in [0.29, 0.717) is 5.69 Å². The summed E-state index contributed by atoms with van der Waals surface area (Å²) in [4.78, 5) is 19.8. The second-order valence-corrected chi connectivity index (χ2v) is 4.97. The van der Waals surface area contributed by atoms with E-state index in [1.807, 2.05) is 0 Å². The van der Waals surface area contributed by atoms with E-state index in [1.54, 1.807) is 0 Å². The molecule has 0 aliphatic heterocycles. The third kappa shape index (κ3) is 3.92. The molecular weight excluding hydrogens is 333 g/mol. The number of rotatable bonds is 4. The molecule has 1 amide bonds. The molecule has 0 radical (unpaired) electrons. The zero-order valence-electron chi connectivity index (χ0n) is 12.6. The number of amides is 1. The van der Waals surface area contributed by atoms with E-state index in [1.165, 1.54) is 36.5 Å². The predicted molar refractivity (Wildman–Crippen MR) is 86.0 cm³/mol. The quantitative estimate of drug-likeness (QED) is 0.753. The summed E-state index contributed by atoms with van der Waals surface area (Å²) in [7, 11) is 0. The molecule has 0 unspecified atom stereocenters. The molecule has 0 aliphatic carbocycles. The number of nitrogens with zero attached hydrogens (tertiary/aromatic N) is 2. The van der Waals surface area contributed by atoms with Crippen molar-refractivity contribution in [1.82, 2.24) is 9.97 Å². The van der Waals surface area contributed by atoms with Gasteiger partial charge in [-0.15, -0.1) is 0 Å². The number of anilines is 3. The lowest BCUT2D eigenvalue weighted by molar-refractivity contribution is 0.102. The van der Waals surface area contributed by atoms with Gasteiger partial charge in [0.25, 0.3) is 5.91 Å². The number of carbonyl (C=O) groups excluding carboxylic acids is 1. The Bertz CT molecular complexity index is 879. The van der Waals surface area contributed by atoms with Crippen LogP contribution in [0.25, 0.3) is 0 Å². The van der Waals surface area contributed by atoms with Crippen molar-refractivity contribution in [2.24, 2.45) is 0 Å². The van der Waals surface area contributed by atoms with Gasteiger partial charge in [-0.2, -0.15) is 0 Å². The summed E-state index contributed by atoms with van der Waals surface area (Å²) in [5.41, 5.74) is 0.0213. The van der Waals surface area contributed by atoms with Crippen LogP contribution in [0.4, 0.5) is 30.4 Å². The minimum Gasteiger partial charge on any atom is -0.334 e. The molecule has 2 N–H and O–H groups in total. The predicted octanol–water partition coefficient (Wildman–Crippen LogP) is 3.89. The fourth-order valence-electron chi connectivity index (χ4n) is 1.98. The number of halogens is 3. The number of nitrogens with one attached hydrogen (secondary N) is 2. The highest BCUT2D eigenvalue weighted by molar-refractivity contribution is 6.02. The van der Waals surface area contributed by atoms with Gasteiger partial charge < -0.3 is 10.6 Å². The van der Waals surface area contributed by atoms with Crippen molar-refractivity contribution in [3.05, 3.63) is 78.0 Å². The topological polar surface area (TPSA) is 66.9 Å². The van der Waals surface area contributed by atoms with Gasteiger partial charge in [0.05, 0.1) is 12.4 Å². The molecule has 126 valence electrons. The fraction of sp³-hybridized carbons (Fsp3) is 0. The molecule has 1 aromatic heterocycles. The van der Waals surface area contributed by atoms with Gasteiger partial charge in [0.15, 0.2) is 0 Å². The lowest BCUT2D eigenvalue weighted by Crippen LogP contribution is -2.14. The maximum absolute atomic E-state index is 13.6. The van der Waals surface area contributed by atoms with Crippen molar-refractivity contribution in [2.45, 2.75) is 0 Å². The van der Waals surface area contributed by atoms with Crippen molar-refractivity contribution in [3.63, 3.8) is 0 Å². The van der Waals surface area contributed by atoms with Crippen LogP contribution in [-0.4, -0.2) is 15.9 Å². The van der Waals surface area contributed by atoms with E-state index in [4.69, 9.17) is 0 Å². The van der Waals surface area contributed by atoms with Crippen LogP contribution < -0.4 is 10.6 Å². The number of hydrogen-bond acceptors (Lipinski definition) is 4. The highest BCUT2D eigenvalue weighted by Crippen LogP contribution is 2.21. The lowest BCUT2D eigenvalue weighted by atomic mass is 10.3. The molecule has 0 saturated carbocycles. The summed E-state index contributed by atoms with van der Waals surface area (Å²) < 4.78 is 40.0. The van der Waals surface area contributed by atoms with Crippen LogP contribution >= 0.6 is 0 Å². The van der Waals surface area contributed by atoms with Gasteiger partial charge in [0.2, 0.25) is 0 Å². The highest BCUT2D eigenvalue weighted by atomic mass is 19.1. The van der Waals surface area contributed by atoms with Crippen molar-refractivity contribution in [3.8, 4) is 0 Å². The van der Waals surface area contributed by atoms with E-state index in [2.05, 4.69) is 20.6 Å². The number of benzene rings is 2. The number of aromatic nitrogens is 2. The van der Waals surface area contributed by atoms with E-state index in [9.17, 15) is 18.0 Å². The Kier molecular flexibility index (Phi) is 4.60. The summed E-state index contributed by atoms with van der Waals surface area (Å²) in [6.07, 6.45) is 2.32. The number of carbonyl (C=O) groups is 1. The zero-order valence-corrected chi connectivity index (χ0v) is 12.6. The standard InChI is InChI=1S/C17H11F3N4O/c18-10-4-6-11(7-5-10)23-17(25)14-8-22-15(9-21-14)24-16-12(19)2-1-3-13(16)20/h1-9H,(H,22,24)(H,23,25). The second-order valence-electron chi connectivity index (χ2n) is 4.97. The highest BCUT2D eigenvalue weighted by Gasteiger charge is 2.11. The molecule has 5 nitrogen and oxygen atoms in total. The van der Waals surface area contributed by atoms with Gasteiger partial charge in [-0.3, -0.25) is 4.79 Å². The van der Waals surface area contributed by atoms with E-state index in [-0.39, 0.29) is 17.2 Å². The molecule has 2 aromatic carbocycles. The van der Waals surface area contributed by atoms with Crippen LogP contribution in [0.2, 0.25) is 0 Å². The lowest BCUT2D eigenvalue weighted by Gasteiger charge is -2.08. The summed E-state index contributed by atoms with van der Waals surface area (Å²) in [6, 6.07) is 8.65. The molecule has 0 aliphatic rings. The van der Waals surface area contributed by atoms with Gasteiger partial charge in [0, 0.05) is 5.69 Å². The van der Waals surface area contributed by atoms with Gasteiger partial charge >= 0.3 is 0 Å². The van der Waals surface area contributed by atoms with E-state index >= 15 is 0 Å². The van der Waals surface area contributed by atoms with Crippen molar-refractivity contribution in [2.75, 3.05) is 10.6 Å². The Balaban J connectivity index is 1.71. The Morgan fingerprint density at radius 3 is 2.16 bits per heavy atom. The van der Waals surface area contributed by atoms with E-state index in [0.717, 1.165) is 18.3 Å². The minimum absolute atomic E-state index is 0.0103. The SMILES string of the molecule is O=C(Nc1ccc(F)cc1)c1cnc(Nc2c(F)cccc2F)cn1. The Labute approximate surface area is 140 Å². The average molecular weight is 344 g/mol. The van der Waals surface area contributed by atoms with Crippen LogP contribution in [0.15, 0.2) is 54.9 Å². The molecule has 8 heteroatoms. The van der Waals surface area contributed by atoms with Crippen molar-refractivity contribution < 1.29 is 18.0 Å². The largest absolute Gasteiger partial charge is 0.334 e. The summed E-state index contributed by atoms with van der Waals surface area (Å²) >= 11 is 0. The molecule has 0 spiro atoms. The monoisotopic (exact) mass is 344 g/mol. The molecule has 3 aromatic rings. The first kappa shape index (κ1) is 16.4. The summed E-state index contributed by atoms with van der Waals surface area (Å²) in [5, 5.41) is 4.99. The van der Waals surface area contributed by atoms with Crippen LogP contribution in [-0.2, 0) is 0 Å². The third-order valence-corrected chi connectivity index (χ3v) is 3.20. The molecule has 0 bridgehead atoms. The Morgan fingerprint density at radius 1 is 0.880 bits per heavy atom. The van der Waals surface area contributed by atoms with Crippen molar-refractivity contribution in [1.29, 1.82) is 0 Å². The maximum atomic E-state index is 13.6. The Hall–Kier alpha value is -3.42. The van der Waals surface area contributed by atoms with Gasteiger partial charge in [-0.25, -0.2) is 23.1 Å². The molecule has 0 atom stereocenters. The minimum atomic E-state index is -0.778. The first-order valence-electron chi connectivity index (χ1n) is 7.13. The van der Waals surface area contributed by atoms with E-state index < -0.39 is 23.4 Å². The number of para-hydroxylation sites is 1. The van der Waals surface area contributed by atoms with Crippen LogP contribution in [0.3, 0.4) is 0 Å². The summed E-state index contributed by atoms with van der Waals surface area (Å²) in [6.45, 7) is 0. The summed E-state index contributed by atoms with van der Waals surface area (Å²) in [5.74, 6) is -2.46. The molecule has 25 heavy (non-hydrogen) atoms. The first-order valence-corrected chi connectivity index (χ1v) is 7.13. The number of hydrogen-bond donors (Lipinski definition) is 2. The molecule has 3 rings (SSSR count). The zero-order chi connectivity index (χ0) is 17.8. The Morgan fingerprint density at radius 2 is 1.56 bits per heavy atom. The fourth-order valence-corrected chi connectivity index (χ4v) is 1.98. The second kappa shape index (κ2) is 7.00. The average Bonchev–Trinajstić information content (AvgIpc) is 2.61. The van der Waals surface area contributed by atoms with Gasteiger partial charge in [0.1, 0.15) is 34.7 Å². The van der Waals surface area contributed by atoms with Crippen LogP contribution in [0.5, 0.6) is 0 Å². The van der Waals surface area contributed by atoms with Crippen LogP contribution in [0, 0.1) is 17.5 Å². The molecular formula is C17H11F3N4O. The van der Waals surface area contributed by atoms with Gasteiger partial charge in [-0.05, 0) is 36.4 Å². The smallest absolute Gasteiger partial charge is 0.275 e. The maximum Gasteiger partial charge on any atom is 0.275 e. The first-order chi connectivity index (χ1) is 12.0. The molecule has 1 heterocycles. The molecule has 0 fully saturated rings.